The summed E-state index contributed by atoms with van der Waals surface area (Å²) >= 11 is 3.23. The van der Waals surface area contributed by atoms with E-state index >= 15 is 0 Å². The van der Waals surface area contributed by atoms with E-state index in [4.69, 9.17) is 4.74 Å². The van der Waals surface area contributed by atoms with Crippen molar-refractivity contribution < 1.29 is 19.1 Å². The van der Waals surface area contributed by atoms with E-state index in [0.29, 0.717) is 27.6 Å². The molecule has 3 rings (SSSR count). The fourth-order valence-corrected chi connectivity index (χ4v) is 2.80. The van der Waals surface area contributed by atoms with Crippen molar-refractivity contribution in [2.45, 2.75) is 6.42 Å². The van der Waals surface area contributed by atoms with E-state index in [2.05, 4.69) is 20.9 Å². The molecule has 7 heteroatoms. The number of aromatic nitrogens is 1. The number of fused-ring (bicyclic) bond motifs is 1. The van der Waals surface area contributed by atoms with E-state index in [1.165, 1.54) is 11.1 Å². The highest BCUT2D eigenvalue weighted by Gasteiger charge is 2.34. The minimum Gasteiger partial charge on any atom is -0.462 e. The van der Waals surface area contributed by atoms with Gasteiger partial charge in [0, 0.05) is 23.4 Å². The molecule has 2 heterocycles. The molecule has 2 aromatic rings. The first-order valence-electron chi connectivity index (χ1n) is 7.31. The normalized spacial score (nSPS) is 13.1. The molecule has 2 amide bonds. The summed E-state index contributed by atoms with van der Waals surface area (Å²) in [4.78, 5) is 41.3. The van der Waals surface area contributed by atoms with Crippen molar-refractivity contribution in [1.29, 1.82) is 0 Å². The Bertz CT molecular complexity index is 787. The summed E-state index contributed by atoms with van der Waals surface area (Å²) < 4.78 is 5.82. The molecule has 0 bridgehead atoms. The summed E-state index contributed by atoms with van der Waals surface area (Å²) in [5.41, 5.74) is 1.17. The highest BCUT2D eigenvalue weighted by molar-refractivity contribution is 9.10. The number of carbonyl (C=O) groups is 3. The molecule has 1 aromatic heterocycles. The Morgan fingerprint density at radius 2 is 1.79 bits per heavy atom. The summed E-state index contributed by atoms with van der Waals surface area (Å²) in [6.07, 6.45) is 3.36. The molecule has 1 aromatic carbocycles. The van der Waals surface area contributed by atoms with E-state index in [1.54, 1.807) is 36.5 Å². The number of rotatable bonds is 5. The first-order chi connectivity index (χ1) is 11.6. The average Bonchev–Trinajstić information content (AvgIpc) is 2.83. The van der Waals surface area contributed by atoms with Gasteiger partial charge in [0.05, 0.1) is 23.3 Å². The first-order valence-corrected chi connectivity index (χ1v) is 8.10. The quantitative estimate of drug-likeness (QED) is 0.447. The highest BCUT2D eigenvalue weighted by Crippen LogP contribution is 2.22. The molecule has 0 atom stereocenters. The number of carbonyl (C=O) groups excluding carboxylic acids is 3. The van der Waals surface area contributed by atoms with Gasteiger partial charge in [-0.25, -0.2) is 4.79 Å². The van der Waals surface area contributed by atoms with Crippen LogP contribution in [0.3, 0.4) is 0 Å². The summed E-state index contributed by atoms with van der Waals surface area (Å²) in [6.45, 7) is 0.315. The molecule has 0 N–H and O–H groups in total. The zero-order valence-corrected chi connectivity index (χ0v) is 14.2. The largest absolute Gasteiger partial charge is 0.462 e. The Labute approximate surface area is 146 Å². The lowest BCUT2D eigenvalue weighted by molar-refractivity contribution is 0.0482. The third kappa shape index (κ3) is 3.21. The molecule has 1 aliphatic heterocycles. The Kier molecular flexibility index (Phi) is 4.71. The molecule has 1 aliphatic rings. The molecule has 0 unspecified atom stereocenters. The molecule has 0 radical (unpaired) electrons. The van der Waals surface area contributed by atoms with E-state index in [1.807, 2.05) is 0 Å². The molecule has 6 nitrogen and oxygen atoms in total. The number of hydrogen-bond acceptors (Lipinski definition) is 5. The molecule has 0 aliphatic carbocycles. The number of esters is 1. The van der Waals surface area contributed by atoms with Gasteiger partial charge in [0.25, 0.3) is 11.8 Å². The number of halogens is 1. The molecule has 0 fully saturated rings. The molecule has 122 valence electrons. The van der Waals surface area contributed by atoms with Gasteiger partial charge in [0.15, 0.2) is 0 Å². The van der Waals surface area contributed by atoms with Crippen LogP contribution in [0, 0.1) is 0 Å². The van der Waals surface area contributed by atoms with Gasteiger partial charge in [-0.15, -0.1) is 0 Å². The Morgan fingerprint density at radius 1 is 1.12 bits per heavy atom. The van der Waals surface area contributed by atoms with Crippen LogP contribution >= 0.6 is 15.9 Å². The molecule has 0 saturated carbocycles. The van der Waals surface area contributed by atoms with Crippen molar-refractivity contribution in [2.75, 3.05) is 13.2 Å². The smallest absolute Gasteiger partial charge is 0.339 e. The van der Waals surface area contributed by atoms with E-state index in [0.717, 1.165) is 0 Å². The van der Waals surface area contributed by atoms with Crippen molar-refractivity contribution in [3.8, 4) is 0 Å². The lowest BCUT2D eigenvalue weighted by Crippen LogP contribution is -2.31. The topological polar surface area (TPSA) is 76.6 Å². The second-order valence-electron chi connectivity index (χ2n) is 5.19. The van der Waals surface area contributed by atoms with Crippen molar-refractivity contribution in [2.24, 2.45) is 0 Å². The monoisotopic (exact) mass is 388 g/mol. The van der Waals surface area contributed by atoms with Crippen molar-refractivity contribution >= 4 is 33.7 Å². The van der Waals surface area contributed by atoms with Gasteiger partial charge < -0.3 is 4.74 Å². The summed E-state index contributed by atoms with van der Waals surface area (Å²) in [7, 11) is 0. The van der Waals surface area contributed by atoms with Crippen LogP contribution in [-0.2, 0) is 4.74 Å². The standard InChI is InChI=1S/C17H13BrN2O4/c18-12-8-11(9-19-10-12)17(23)24-7-3-6-20-15(21)13-4-1-2-5-14(13)16(20)22/h1-2,4-5,8-10H,3,6-7H2. The zero-order chi connectivity index (χ0) is 17.1. The van der Waals surface area contributed by atoms with E-state index in [9.17, 15) is 14.4 Å². The number of ether oxygens (including phenoxy) is 1. The van der Waals surface area contributed by atoms with Gasteiger partial charge in [-0.1, -0.05) is 12.1 Å². The zero-order valence-electron chi connectivity index (χ0n) is 12.6. The second kappa shape index (κ2) is 6.92. The Hall–Kier alpha value is -2.54. The maximum Gasteiger partial charge on any atom is 0.339 e. The maximum atomic E-state index is 12.2. The number of hydrogen-bond donors (Lipinski definition) is 0. The molecule has 24 heavy (non-hydrogen) atoms. The third-order valence-electron chi connectivity index (χ3n) is 3.58. The van der Waals surface area contributed by atoms with Crippen LogP contribution in [0.1, 0.15) is 37.5 Å². The van der Waals surface area contributed by atoms with E-state index < -0.39 is 5.97 Å². The lowest BCUT2D eigenvalue weighted by Gasteiger charge is -2.13. The van der Waals surface area contributed by atoms with Crippen LogP contribution in [0.4, 0.5) is 0 Å². The van der Waals surface area contributed by atoms with Crippen LogP contribution in [0.15, 0.2) is 47.2 Å². The molecular formula is C17H13BrN2O4. The Morgan fingerprint density at radius 3 is 2.42 bits per heavy atom. The highest BCUT2D eigenvalue weighted by atomic mass is 79.9. The minimum absolute atomic E-state index is 0.110. The fraction of sp³-hybridized carbons (Fsp3) is 0.176. The van der Waals surface area contributed by atoms with Gasteiger partial charge >= 0.3 is 5.97 Å². The van der Waals surface area contributed by atoms with Crippen molar-refractivity contribution in [3.63, 3.8) is 0 Å². The van der Waals surface area contributed by atoms with Gasteiger partial charge in [0.2, 0.25) is 0 Å². The SMILES string of the molecule is O=C(OCCCN1C(=O)c2ccccc2C1=O)c1cncc(Br)c1. The fourth-order valence-electron chi connectivity index (χ4n) is 2.44. The van der Waals surface area contributed by atoms with Gasteiger partial charge in [-0.3, -0.25) is 19.5 Å². The summed E-state index contributed by atoms with van der Waals surface area (Å²) in [5.74, 6) is -1.11. The van der Waals surface area contributed by atoms with Crippen LogP contribution < -0.4 is 0 Å². The number of pyridine rings is 1. The molecular weight excluding hydrogens is 376 g/mol. The number of benzene rings is 1. The molecule has 0 spiro atoms. The number of nitrogens with zero attached hydrogens (tertiary/aromatic N) is 2. The Balaban J connectivity index is 1.52. The van der Waals surface area contributed by atoms with Gasteiger partial charge in [-0.2, -0.15) is 0 Å². The van der Waals surface area contributed by atoms with E-state index in [-0.39, 0.29) is 25.0 Å². The predicted molar refractivity (Wildman–Crippen MR) is 88.6 cm³/mol. The molecule has 0 saturated heterocycles. The summed E-state index contributed by atoms with van der Waals surface area (Å²) in [5, 5.41) is 0. The van der Waals surface area contributed by atoms with Crippen LogP contribution in [0.25, 0.3) is 0 Å². The average molecular weight is 389 g/mol. The third-order valence-corrected chi connectivity index (χ3v) is 4.01. The minimum atomic E-state index is -0.494. The number of imide groups is 1. The lowest BCUT2D eigenvalue weighted by atomic mass is 10.1. The van der Waals surface area contributed by atoms with Gasteiger partial charge in [-0.05, 0) is 40.5 Å². The number of amides is 2. The first kappa shape index (κ1) is 16.3. The van der Waals surface area contributed by atoms with Crippen molar-refractivity contribution in [1.82, 2.24) is 9.88 Å². The van der Waals surface area contributed by atoms with Crippen molar-refractivity contribution in [3.05, 3.63) is 63.9 Å². The van der Waals surface area contributed by atoms with Crippen LogP contribution in [0.2, 0.25) is 0 Å². The second-order valence-corrected chi connectivity index (χ2v) is 6.10. The summed E-state index contributed by atoms with van der Waals surface area (Å²) in [6, 6.07) is 8.33. The maximum absolute atomic E-state index is 12.2. The van der Waals surface area contributed by atoms with Crippen LogP contribution in [0.5, 0.6) is 0 Å². The van der Waals surface area contributed by atoms with Gasteiger partial charge in [0.1, 0.15) is 0 Å². The van der Waals surface area contributed by atoms with Crippen LogP contribution in [-0.4, -0.2) is 40.8 Å². The predicted octanol–water partition coefficient (Wildman–Crippen LogP) is 2.69.